The van der Waals surface area contributed by atoms with Gasteiger partial charge in [-0.25, -0.2) is 0 Å². The van der Waals surface area contributed by atoms with E-state index in [0.717, 1.165) is 0 Å². The predicted molar refractivity (Wildman–Crippen MR) is 61.1 cm³/mol. The Labute approximate surface area is 97.8 Å². The Kier molecular flexibility index (Phi) is 3.08. The summed E-state index contributed by atoms with van der Waals surface area (Å²) in [6.45, 7) is 0. The first kappa shape index (κ1) is 10.8. The summed E-state index contributed by atoms with van der Waals surface area (Å²) in [6, 6.07) is 8.37. The first-order valence-corrected chi connectivity index (χ1v) is 4.87. The fourth-order valence-electron chi connectivity index (χ4n) is 1.26. The van der Waals surface area contributed by atoms with E-state index in [0.29, 0.717) is 11.3 Å². The maximum absolute atomic E-state index is 11.8. The lowest BCUT2D eigenvalue weighted by Crippen LogP contribution is -2.13. The summed E-state index contributed by atoms with van der Waals surface area (Å²) in [7, 11) is 0. The maximum atomic E-state index is 11.8. The zero-order valence-electron chi connectivity index (χ0n) is 8.79. The number of nitriles is 1. The quantitative estimate of drug-likeness (QED) is 0.840. The van der Waals surface area contributed by atoms with Crippen LogP contribution in [-0.4, -0.2) is 15.9 Å². The van der Waals surface area contributed by atoms with E-state index in [-0.39, 0.29) is 11.6 Å². The van der Waals surface area contributed by atoms with Gasteiger partial charge in [0.25, 0.3) is 5.91 Å². The standard InChI is InChI=1S/C12H8N4O/c13-7-9-3-5-15-11(6-9)12(17)16-10-2-1-4-14-8-10/h1-6,8H,(H,16,17). The Morgan fingerprint density at radius 2 is 2.24 bits per heavy atom. The number of hydrogen-bond donors (Lipinski definition) is 1. The first-order chi connectivity index (χ1) is 8.29. The van der Waals surface area contributed by atoms with Gasteiger partial charge in [0.05, 0.1) is 23.5 Å². The Balaban J connectivity index is 2.18. The van der Waals surface area contributed by atoms with Gasteiger partial charge in [0.15, 0.2) is 0 Å². The van der Waals surface area contributed by atoms with Crippen LogP contribution in [0.3, 0.4) is 0 Å². The summed E-state index contributed by atoms with van der Waals surface area (Å²) >= 11 is 0. The van der Waals surface area contributed by atoms with Gasteiger partial charge >= 0.3 is 0 Å². The number of nitrogens with one attached hydrogen (secondary N) is 1. The average molecular weight is 224 g/mol. The minimum atomic E-state index is -0.366. The zero-order chi connectivity index (χ0) is 12.1. The normalized spacial score (nSPS) is 9.35. The van der Waals surface area contributed by atoms with E-state index in [2.05, 4.69) is 15.3 Å². The average Bonchev–Trinajstić information content (AvgIpc) is 2.40. The number of pyridine rings is 2. The fraction of sp³-hybridized carbons (Fsp3) is 0. The van der Waals surface area contributed by atoms with Gasteiger partial charge in [0, 0.05) is 12.4 Å². The molecule has 0 spiro atoms. The molecule has 1 amide bonds. The van der Waals surface area contributed by atoms with Crippen molar-refractivity contribution in [2.24, 2.45) is 0 Å². The van der Waals surface area contributed by atoms with Gasteiger partial charge in [0.2, 0.25) is 0 Å². The Morgan fingerprint density at radius 3 is 2.94 bits per heavy atom. The second kappa shape index (κ2) is 4.86. The van der Waals surface area contributed by atoms with Crippen LogP contribution in [-0.2, 0) is 0 Å². The van der Waals surface area contributed by atoms with E-state index in [1.165, 1.54) is 18.5 Å². The van der Waals surface area contributed by atoms with Crippen molar-refractivity contribution in [1.82, 2.24) is 9.97 Å². The molecule has 2 aromatic heterocycles. The van der Waals surface area contributed by atoms with E-state index >= 15 is 0 Å². The van der Waals surface area contributed by atoms with Crippen LogP contribution in [0.15, 0.2) is 42.9 Å². The van der Waals surface area contributed by atoms with Crippen molar-refractivity contribution < 1.29 is 4.79 Å². The van der Waals surface area contributed by atoms with Crippen molar-refractivity contribution in [3.63, 3.8) is 0 Å². The third-order valence-corrected chi connectivity index (χ3v) is 2.04. The van der Waals surface area contributed by atoms with Crippen molar-refractivity contribution in [2.45, 2.75) is 0 Å². The summed E-state index contributed by atoms with van der Waals surface area (Å²) in [5.74, 6) is -0.366. The third kappa shape index (κ3) is 2.63. The van der Waals surface area contributed by atoms with Gasteiger partial charge in [-0.15, -0.1) is 0 Å². The highest BCUT2D eigenvalue weighted by molar-refractivity contribution is 6.02. The number of carbonyl (C=O) groups is 1. The van der Waals surface area contributed by atoms with Gasteiger partial charge in [-0.05, 0) is 24.3 Å². The molecule has 0 fully saturated rings. The molecule has 0 unspecified atom stereocenters. The monoisotopic (exact) mass is 224 g/mol. The van der Waals surface area contributed by atoms with Crippen LogP contribution in [0.2, 0.25) is 0 Å². The summed E-state index contributed by atoms with van der Waals surface area (Å²) in [6.07, 6.45) is 4.58. The molecule has 82 valence electrons. The molecule has 0 atom stereocenters. The number of hydrogen-bond acceptors (Lipinski definition) is 4. The lowest BCUT2D eigenvalue weighted by atomic mass is 10.2. The molecule has 0 aliphatic carbocycles. The second-order valence-corrected chi connectivity index (χ2v) is 3.24. The van der Waals surface area contributed by atoms with Crippen LogP contribution in [0.25, 0.3) is 0 Å². The molecule has 2 aromatic rings. The molecule has 0 saturated heterocycles. The minimum Gasteiger partial charge on any atom is -0.319 e. The molecule has 2 rings (SSSR count). The molecule has 1 N–H and O–H groups in total. The van der Waals surface area contributed by atoms with Crippen molar-refractivity contribution in [1.29, 1.82) is 5.26 Å². The van der Waals surface area contributed by atoms with Gasteiger partial charge in [0.1, 0.15) is 5.69 Å². The van der Waals surface area contributed by atoms with Crippen molar-refractivity contribution >= 4 is 11.6 Å². The summed E-state index contributed by atoms with van der Waals surface area (Å²) in [5.41, 5.74) is 1.19. The van der Waals surface area contributed by atoms with Crippen LogP contribution in [0, 0.1) is 11.3 Å². The molecule has 0 bridgehead atoms. The largest absolute Gasteiger partial charge is 0.319 e. The van der Waals surface area contributed by atoms with Gasteiger partial charge < -0.3 is 5.32 Å². The summed E-state index contributed by atoms with van der Waals surface area (Å²) in [5, 5.41) is 11.4. The van der Waals surface area contributed by atoms with Crippen molar-refractivity contribution in [3.05, 3.63) is 54.1 Å². The van der Waals surface area contributed by atoms with Crippen molar-refractivity contribution in [2.75, 3.05) is 5.32 Å². The third-order valence-electron chi connectivity index (χ3n) is 2.04. The molecular weight excluding hydrogens is 216 g/mol. The van der Waals surface area contributed by atoms with Gasteiger partial charge in [-0.2, -0.15) is 5.26 Å². The molecule has 0 aliphatic heterocycles. The summed E-state index contributed by atoms with van der Waals surface area (Å²) in [4.78, 5) is 19.5. The number of carbonyl (C=O) groups excluding carboxylic acids is 1. The minimum absolute atomic E-state index is 0.202. The van der Waals surface area contributed by atoms with E-state index in [1.807, 2.05) is 6.07 Å². The van der Waals surface area contributed by atoms with Crippen molar-refractivity contribution in [3.8, 4) is 6.07 Å². The molecule has 5 heteroatoms. The number of aromatic nitrogens is 2. The number of rotatable bonds is 2. The lowest BCUT2D eigenvalue weighted by molar-refractivity contribution is 0.102. The molecule has 0 radical (unpaired) electrons. The van der Waals surface area contributed by atoms with Gasteiger partial charge in [-0.3, -0.25) is 14.8 Å². The smallest absolute Gasteiger partial charge is 0.274 e. The number of amides is 1. The van der Waals surface area contributed by atoms with Crippen LogP contribution in [0.4, 0.5) is 5.69 Å². The molecule has 5 nitrogen and oxygen atoms in total. The fourth-order valence-corrected chi connectivity index (χ4v) is 1.26. The SMILES string of the molecule is N#Cc1ccnc(C(=O)Nc2cccnc2)c1. The first-order valence-electron chi connectivity index (χ1n) is 4.87. The lowest BCUT2D eigenvalue weighted by Gasteiger charge is -2.03. The number of nitrogens with zero attached hydrogens (tertiary/aromatic N) is 3. The van der Waals surface area contributed by atoms with E-state index in [9.17, 15) is 4.79 Å². The molecule has 0 aliphatic rings. The van der Waals surface area contributed by atoms with E-state index < -0.39 is 0 Å². The van der Waals surface area contributed by atoms with E-state index in [1.54, 1.807) is 24.4 Å². The number of anilines is 1. The molecule has 0 aromatic carbocycles. The van der Waals surface area contributed by atoms with Crippen LogP contribution in [0.5, 0.6) is 0 Å². The Hall–Kier alpha value is -2.74. The predicted octanol–water partition coefficient (Wildman–Crippen LogP) is 1.60. The van der Waals surface area contributed by atoms with E-state index in [4.69, 9.17) is 5.26 Å². The molecular formula is C12H8N4O. The summed E-state index contributed by atoms with van der Waals surface area (Å²) < 4.78 is 0. The van der Waals surface area contributed by atoms with Crippen LogP contribution < -0.4 is 5.32 Å². The maximum Gasteiger partial charge on any atom is 0.274 e. The highest BCUT2D eigenvalue weighted by Crippen LogP contribution is 2.06. The Morgan fingerprint density at radius 1 is 1.35 bits per heavy atom. The molecule has 0 saturated carbocycles. The molecule has 2 heterocycles. The topological polar surface area (TPSA) is 78.7 Å². The highest BCUT2D eigenvalue weighted by Gasteiger charge is 2.08. The molecule has 17 heavy (non-hydrogen) atoms. The second-order valence-electron chi connectivity index (χ2n) is 3.24. The zero-order valence-corrected chi connectivity index (χ0v) is 8.79. The highest BCUT2D eigenvalue weighted by atomic mass is 16.1. The van der Waals surface area contributed by atoms with Gasteiger partial charge in [-0.1, -0.05) is 0 Å². The van der Waals surface area contributed by atoms with Crippen LogP contribution >= 0.6 is 0 Å². The van der Waals surface area contributed by atoms with Crippen LogP contribution in [0.1, 0.15) is 16.1 Å². The Bertz CT molecular complexity index is 575.